The van der Waals surface area contributed by atoms with Crippen molar-refractivity contribution in [2.45, 2.75) is 30.5 Å². The van der Waals surface area contributed by atoms with Crippen molar-refractivity contribution in [1.82, 2.24) is 0 Å². The molecule has 3 unspecified atom stereocenters. The van der Waals surface area contributed by atoms with E-state index in [4.69, 9.17) is 4.74 Å². The van der Waals surface area contributed by atoms with E-state index >= 15 is 0 Å². The van der Waals surface area contributed by atoms with Crippen molar-refractivity contribution in [2.24, 2.45) is 17.8 Å². The number of fused-ring (bicyclic) bond motifs is 1. The molecule has 2 fully saturated rings. The first kappa shape index (κ1) is 11.6. The minimum atomic E-state index is 0.641. The van der Waals surface area contributed by atoms with Crippen LogP contribution in [0.25, 0.3) is 0 Å². The highest BCUT2D eigenvalue weighted by Gasteiger charge is 2.47. The molecule has 0 amide bonds. The minimum Gasteiger partial charge on any atom is -0.497 e. The highest BCUT2D eigenvalue weighted by Crippen LogP contribution is 2.56. The van der Waals surface area contributed by atoms with E-state index in [1.807, 2.05) is 6.07 Å². The molecule has 1 nitrogen and oxygen atoms in total. The summed E-state index contributed by atoms with van der Waals surface area (Å²) in [4.78, 5) is 0.641. The van der Waals surface area contributed by atoms with Crippen LogP contribution in [0.3, 0.4) is 0 Å². The maximum absolute atomic E-state index is 5.27. The van der Waals surface area contributed by atoms with Gasteiger partial charge in [0.2, 0.25) is 0 Å². The SMILES string of the molecule is COc1cccc(CC(Br)C2CC3CC3C2)c1. The van der Waals surface area contributed by atoms with E-state index in [9.17, 15) is 0 Å². The molecule has 0 bridgehead atoms. The van der Waals surface area contributed by atoms with Gasteiger partial charge < -0.3 is 4.74 Å². The van der Waals surface area contributed by atoms with Gasteiger partial charge in [0.05, 0.1) is 7.11 Å². The van der Waals surface area contributed by atoms with Crippen LogP contribution in [0.4, 0.5) is 0 Å². The highest BCUT2D eigenvalue weighted by atomic mass is 79.9. The molecule has 1 aromatic rings. The number of hydrogen-bond acceptors (Lipinski definition) is 1. The fourth-order valence-corrected chi connectivity index (χ4v) is 4.05. The van der Waals surface area contributed by atoms with E-state index in [1.54, 1.807) is 7.11 Å². The summed E-state index contributed by atoms with van der Waals surface area (Å²) in [6.45, 7) is 0. The summed E-state index contributed by atoms with van der Waals surface area (Å²) in [6.07, 6.45) is 5.53. The number of benzene rings is 1. The van der Waals surface area contributed by atoms with Gasteiger partial charge in [-0.15, -0.1) is 0 Å². The average Bonchev–Trinajstić information content (AvgIpc) is 2.96. The van der Waals surface area contributed by atoms with E-state index in [0.29, 0.717) is 4.83 Å². The second-order valence-electron chi connectivity index (χ2n) is 5.56. The molecule has 92 valence electrons. The molecule has 0 N–H and O–H groups in total. The van der Waals surface area contributed by atoms with Crippen LogP contribution in [0.15, 0.2) is 24.3 Å². The van der Waals surface area contributed by atoms with Crippen molar-refractivity contribution < 1.29 is 4.74 Å². The van der Waals surface area contributed by atoms with Crippen LogP contribution < -0.4 is 4.74 Å². The Morgan fingerprint density at radius 3 is 2.76 bits per heavy atom. The third-order valence-corrected chi connectivity index (χ3v) is 5.43. The van der Waals surface area contributed by atoms with Crippen molar-refractivity contribution in [3.8, 4) is 5.75 Å². The molecule has 3 atom stereocenters. The Labute approximate surface area is 112 Å². The Balaban J connectivity index is 1.61. The summed E-state index contributed by atoms with van der Waals surface area (Å²) in [6, 6.07) is 8.45. The first-order chi connectivity index (χ1) is 8.26. The zero-order chi connectivity index (χ0) is 11.8. The summed E-state index contributed by atoms with van der Waals surface area (Å²) < 4.78 is 5.27. The van der Waals surface area contributed by atoms with Crippen molar-refractivity contribution in [2.75, 3.05) is 7.11 Å². The van der Waals surface area contributed by atoms with Crippen LogP contribution in [0, 0.1) is 17.8 Å². The Bertz CT molecular complexity index is 394. The molecular formula is C15H19BrO. The smallest absolute Gasteiger partial charge is 0.119 e. The van der Waals surface area contributed by atoms with E-state index < -0.39 is 0 Å². The van der Waals surface area contributed by atoms with Crippen LogP contribution in [0.2, 0.25) is 0 Å². The largest absolute Gasteiger partial charge is 0.497 e. The molecule has 2 aliphatic rings. The molecule has 2 heteroatoms. The quantitative estimate of drug-likeness (QED) is 0.762. The molecule has 2 aliphatic carbocycles. The lowest BCUT2D eigenvalue weighted by Crippen LogP contribution is -2.15. The van der Waals surface area contributed by atoms with Gasteiger partial charge in [0.25, 0.3) is 0 Å². The Kier molecular flexibility index (Phi) is 3.16. The maximum atomic E-state index is 5.27. The van der Waals surface area contributed by atoms with Gasteiger partial charge in [-0.2, -0.15) is 0 Å². The summed E-state index contributed by atoms with van der Waals surface area (Å²) in [7, 11) is 1.73. The molecular weight excluding hydrogens is 276 g/mol. The zero-order valence-electron chi connectivity index (χ0n) is 10.2. The minimum absolute atomic E-state index is 0.641. The van der Waals surface area contributed by atoms with Gasteiger partial charge >= 0.3 is 0 Å². The lowest BCUT2D eigenvalue weighted by atomic mass is 9.95. The van der Waals surface area contributed by atoms with Gasteiger partial charge in [0.1, 0.15) is 5.75 Å². The molecule has 0 heterocycles. The van der Waals surface area contributed by atoms with Gasteiger partial charge in [0.15, 0.2) is 0 Å². The van der Waals surface area contributed by atoms with Gasteiger partial charge in [-0.25, -0.2) is 0 Å². The van der Waals surface area contributed by atoms with Crippen molar-refractivity contribution in [3.05, 3.63) is 29.8 Å². The predicted molar refractivity (Wildman–Crippen MR) is 73.7 cm³/mol. The monoisotopic (exact) mass is 294 g/mol. The van der Waals surface area contributed by atoms with Crippen LogP contribution in [0.1, 0.15) is 24.8 Å². The second kappa shape index (κ2) is 4.64. The van der Waals surface area contributed by atoms with E-state index in [1.165, 1.54) is 24.8 Å². The third kappa shape index (κ3) is 2.52. The predicted octanol–water partition coefficient (Wildman–Crippen LogP) is 4.05. The number of halogens is 1. The van der Waals surface area contributed by atoms with Crippen molar-refractivity contribution in [1.29, 1.82) is 0 Å². The van der Waals surface area contributed by atoms with Crippen LogP contribution in [-0.2, 0) is 6.42 Å². The molecule has 17 heavy (non-hydrogen) atoms. The molecule has 0 aliphatic heterocycles. The van der Waals surface area contributed by atoms with Crippen molar-refractivity contribution in [3.63, 3.8) is 0 Å². The van der Waals surface area contributed by atoms with Crippen LogP contribution in [-0.4, -0.2) is 11.9 Å². The highest BCUT2D eigenvalue weighted by molar-refractivity contribution is 9.09. The number of alkyl halides is 1. The number of ether oxygens (including phenoxy) is 1. The average molecular weight is 295 g/mol. The van der Waals surface area contributed by atoms with Gasteiger partial charge in [0, 0.05) is 4.83 Å². The van der Waals surface area contributed by atoms with Crippen LogP contribution in [0.5, 0.6) is 5.75 Å². The molecule has 0 radical (unpaired) electrons. The van der Waals surface area contributed by atoms with Crippen LogP contribution >= 0.6 is 15.9 Å². The molecule has 0 saturated heterocycles. The fraction of sp³-hybridized carbons (Fsp3) is 0.600. The Morgan fingerprint density at radius 2 is 2.06 bits per heavy atom. The number of hydrogen-bond donors (Lipinski definition) is 0. The molecule has 1 aromatic carbocycles. The summed E-state index contributed by atoms with van der Waals surface area (Å²) in [5, 5.41) is 0. The Morgan fingerprint density at radius 1 is 1.29 bits per heavy atom. The Hall–Kier alpha value is -0.500. The number of rotatable bonds is 4. The van der Waals surface area contributed by atoms with E-state index in [2.05, 4.69) is 34.1 Å². The van der Waals surface area contributed by atoms with E-state index in [-0.39, 0.29) is 0 Å². The fourth-order valence-electron chi connectivity index (χ4n) is 3.25. The van der Waals surface area contributed by atoms with E-state index in [0.717, 1.165) is 29.9 Å². The molecule has 3 rings (SSSR count). The van der Waals surface area contributed by atoms with Gasteiger partial charge in [-0.1, -0.05) is 28.1 Å². The standard InChI is InChI=1S/C15H19BrO/c1-17-14-4-2-3-10(5-14)6-15(16)13-8-11-7-12(11)9-13/h2-5,11-13,15H,6-9H2,1H3. The molecule has 2 saturated carbocycles. The second-order valence-corrected chi connectivity index (χ2v) is 6.74. The normalized spacial score (nSPS) is 32.0. The lowest BCUT2D eigenvalue weighted by molar-refractivity contribution is 0.413. The zero-order valence-corrected chi connectivity index (χ0v) is 11.8. The lowest BCUT2D eigenvalue weighted by Gasteiger charge is -2.19. The molecule has 0 aromatic heterocycles. The first-order valence-electron chi connectivity index (χ1n) is 6.53. The third-order valence-electron chi connectivity index (χ3n) is 4.36. The van der Waals surface area contributed by atoms with Crippen molar-refractivity contribution >= 4 is 15.9 Å². The van der Waals surface area contributed by atoms with Gasteiger partial charge in [-0.3, -0.25) is 0 Å². The maximum Gasteiger partial charge on any atom is 0.119 e. The summed E-state index contributed by atoms with van der Waals surface area (Å²) in [5.74, 6) is 4.01. The number of methoxy groups -OCH3 is 1. The summed E-state index contributed by atoms with van der Waals surface area (Å²) in [5.41, 5.74) is 1.38. The topological polar surface area (TPSA) is 9.23 Å². The first-order valence-corrected chi connectivity index (χ1v) is 7.45. The summed E-state index contributed by atoms with van der Waals surface area (Å²) >= 11 is 3.90. The van der Waals surface area contributed by atoms with Gasteiger partial charge in [-0.05, 0) is 61.1 Å². The molecule has 0 spiro atoms.